The second-order valence-electron chi connectivity index (χ2n) is 4.98. The van der Waals surface area contributed by atoms with Crippen LogP contribution in [-0.4, -0.2) is 36.6 Å². The summed E-state index contributed by atoms with van der Waals surface area (Å²) in [4.78, 5) is 14.4. The molecule has 0 aliphatic carbocycles. The Morgan fingerprint density at radius 2 is 2.32 bits per heavy atom. The van der Waals surface area contributed by atoms with E-state index in [1.807, 2.05) is 36.9 Å². The topological polar surface area (TPSA) is 67.6 Å². The average Bonchev–Trinajstić information content (AvgIpc) is 2.62. The third kappa shape index (κ3) is 3.24. The monoisotopic (exact) mass is 263 g/mol. The number of hydrogen-bond donors (Lipinski definition) is 2. The maximum Gasteiger partial charge on any atom is 0.256 e. The number of hydrogen-bond acceptors (Lipinski definition) is 4. The summed E-state index contributed by atoms with van der Waals surface area (Å²) in [6.45, 7) is 6.01. The maximum absolute atomic E-state index is 12.6. The van der Waals surface area contributed by atoms with Crippen molar-refractivity contribution in [3.05, 3.63) is 29.3 Å². The number of benzene rings is 1. The fourth-order valence-electron chi connectivity index (χ4n) is 2.31. The molecule has 0 radical (unpaired) electrons. The number of hydrazine groups is 1. The van der Waals surface area contributed by atoms with E-state index in [2.05, 4.69) is 5.43 Å². The summed E-state index contributed by atoms with van der Waals surface area (Å²) in [5, 5.41) is 0. The summed E-state index contributed by atoms with van der Waals surface area (Å²) in [6.07, 6.45) is 0.943. The van der Waals surface area contributed by atoms with Gasteiger partial charge in [0.15, 0.2) is 0 Å². The van der Waals surface area contributed by atoms with Gasteiger partial charge in [0.1, 0.15) is 0 Å². The maximum atomic E-state index is 12.6. The van der Waals surface area contributed by atoms with Crippen molar-refractivity contribution in [1.82, 2.24) is 4.90 Å². The molecule has 1 amide bonds. The number of nitrogens with one attached hydrogen (secondary N) is 1. The van der Waals surface area contributed by atoms with E-state index in [0.717, 1.165) is 18.5 Å². The van der Waals surface area contributed by atoms with Gasteiger partial charge in [-0.15, -0.1) is 0 Å². The molecule has 1 aliphatic heterocycles. The Morgan fingerprint density at radius 3 is 3.05 bits per heavy atom. The average molecular weight is 263 g/mol. The molecule has 1 atom stereocenters. The number of amides is 1. The van der Waals surface area contributed by atoms with E-state index in [4.69, 9.17) is 10.6 Å². The van der Waals surface area contributed by atoms with Gasteiger partial charge in [-0.05, 0) is 32.4 Å². The zero-order valence-electron chi connectivity index (χ0n) is 11.5. The predicted octanol–water partition coefficient (Wildman–Crippen LogP) is 1.53. The molecule has 104 valence electrons. The number of anilines is 1. The Morgan fingerprint density at radius 1 is 1.53 bits per heavy atom. The second-order valence-corrected chi connectivity index (χ2v) is 4.98. The zero-order valence-corrected chi connectivity index (χ0v) is 11.5. The molecule has 0 aromatic heterocycles. The molecule has 2 rings (SSSR count). The summed E-state index contributed by atoms with van der Waals surface area (Å²) < 4.78 is 5.57. The van der Waals surface area contributed by atoms with Gasteiger partial charge in [-0.3, -0.25) is 10.6 Å². The van der Waals surface area contributed by atoms with Gasteiger partial charge in [-0.2, -0.15) is 0 Å². The van der Waals surface area contributed by atoms with Crippen LogP contribution < -0.4 is 11.3 Å². The highest BCUT2D eigenvalue weighted by Crippen LogP contribution is 2.19. The number of nitrogens with zero attached hydrogens (tertiary/aromatic N) is 1. The first-order valence-corrected chi connectivity index (χ1v) is 6.60. The van der Waals surface area contributed by atoms with Crippen molar-refractivity contribution in [2.24, 2.45) is 5.84 Å². The van der Waals surface area contributed by atoms with Gasteiger partial charge in [0, 0.05) is 19.7 Å². The van der Waals surface area contributed by atoms with E-state index in [9.17, 15) is 4.79 Å². The van der Waals surface area contributed by atoms with Gasteiger partial charge < -0.3 is 15.1 Å². The van der Waals surface area contributed by atoms with Crippen LogP contribution in [0.1, 0.15) is 29.3 Å². The minimum absolute atomic E-state index is 0.00833. The first-order chi connectivity index (χ1) is 9.11. The van der Waals surface area contributed by atoms with Gasteiger partial charge in [-0.25, -0.2) is 0 Å². The fraction of sp³-hybridized carbons (Fsp3) is 0.500. The van der Waals surface area contributed by atoms with Crippen LogP contribution >= 0.6 is 0 Å². The second kappa shape index (κ2) is 6.04. The van der Waals surface area contributed by atoms with Crippen LogP contribution in [-0.2, 0) is 4.74 Å². The third-order valence-electron chi connectivity index (χ3n) is 3.30. The number of carbonyl (C=O) groups excluding carboxylic acids is 1. The molecule has 1 fully saturated rings. The summed E-state index contributed by atoms with van der Waals surface area (Å²) in [6, 6.07) is 5.63. The lowest BCUT2D eigenvalue weighted by Gasteiger charge is -2.23. The fourth-order valence-corrected chi connectivity index (χ4v) is 2.31. The first kappa shape index (κ1) is 13.8. The van der Waals surface area contributed by atoms with Crippen LogP contribution in [0, 0.1) is 6.92 Å². The zero-order chi connectivity index (χ0) is 13.8. The highest BCUT2D eigenvalue weighted by atomic mass is 16.5. The van der Waals surface area contributed by atoms with E-state index in [1.54, 1.807) is 0 Å². The summed E-state index contributed by atoms with van der Waals surface area (Å²) in [5.41, 5.74) is 4.92. The largest absolute Gasteiger partial charge is 0.377 e. The van der Waals surface area contributed by atoms with Crippen LogP contribution in [0.3, 0.4) is 0 Å². The lowest BCUT2D eigenvalue weighted by molar-refractivity contribution is 0.0563. The molecule has 1 aromatic rings. The van der Waals surface area contributed by atoms with Crippen molar-refractivity contribution in [1.29, 1.82) is 0 Å². The van der Waals surface area contributed by atoms with Crippen molar-refractivity contribution >= 4 is 11.6 Å². The van der Waals surface area contributed by atoms with Gasteiger partial charge in [0.05, 0.1) is 17.4 Å². The van der Waals surface area contributed by atoms with Crippen LogP contribution in [0.5, 0.6) is 0 Å². The Balaban J connectivity index is 2.24. The summed E-state index contributed by atoms with van der Waals surface area (Å²) in [5.74, 6) is 5.49. The predicted molar refractivity (Wildman–Crippen MR) is 74.9 cm³/mol. The van der Waals surface area contributed by atoms with E-state index in [-0.39, 0.29) is 12.0 Å². The lowest BCUT2D eigenvalue weighted by atomic mass is 10.1. The van der Waals surface area contributed by atoms with E-state index >= 15 is 0 Å². The molecule has 0 bridgehead atoms. The van der Waals surface area contributed by atoms with Crippen molar-refractivity contribution in [3.63, 3.8) is 0 Å². The molecule has 19 heavy (non-hydrogen) atoms. The van der Waals surface area contributed by atoms with Crippen LogP contribution in [0.2, 0.25) is 0 Å². The van der Waals surface area contributed by atoms with Crippen LogP contribution in [0.15, 0.2) is 18.2 Å². The molecular weight excluding hydrogens is 242 g/mol. The van der Waals surface area contributed by atoms with Crippen molar-refractivity contribution in [2.75, 3.05) is 25.1 Å². The van der Waals surface area contributed by atoms with Gasteiger partial charge in [0.25, 0.3) is 5.91 Å². The molecule has 0 saturated carbocycles. The normalized spacial score (nSPS) is 19.9. The number of rotatable bonds is 2. The standard InChI is InChI=1S/C14H21N3O2/c1-10-4-5-13(16-15)12(8-10)14(18)17-6-3-7-19-11(2)9-17/h4-5,8,11,16H,3,6-7,9,15H2,1-2H3. The van der Waals surface area contributed by atoms with Gasteiger partial charge >= 0.3 is 0 Å². The minimum Gasteiger partial charge on any atom is -0.377 e. The van der Waals surface area contributed by atoms with Gasteiger partial charge in [-0.1, -0.05) is 11.6 Å². The molecule has 3 N–H and O–H groups in total. The molecule has 1 aromatic carbocycles. The first-order valence-electron chi connectivity index (χ1n) is 6.60. The quantitative estimate of drug-likeness (QED) is 0.627. The molecule has 1 aliphatic rings. The number of carbonyl (C=O) groups is 1. The molecular formula is C14H21N3O2. The van der Waals surface area contributed by atoms with E-state index in [0.29, 0.717) is 24.4 Å². The molecule has 5 nitrogen and oxygen atoms in total. The molecule has 1 saturated heterocycles. The smallest absolute Gasteiger partial charge is 0.256 e. The van der Waals surface area contributed by atoms with Crippen molar-refractivity contribution < 1.29 is 9.53 Å². The summed E-state index contributed by atoms with van der Waals surface area (Å²) in [7, 11) is 0. The lowest BCUT2D eigenvalue weighted by Crippen LogP contribution is -2.36. The van der Waals surface area contributed by atoms with Crippen LogP contribution in [0.25, 0.3) is 0 Å². The Labute approximate surface area is 113 Å². The molecule has 1 unspecified atom stereocenters. The Bertz CT molecular complexity index is 462. The Kier molecular flexibility index (Phi) is 4.39. The van der Waals surface area contributed by atoms with Crippen molar-refractivity contribution in [2.45, 2.75) is 26.4 Å². The number of ether oxygens (including phenoxy) is 1. The third-order valence-corrected chi connectivity index (χ3v) is 3.30. The number of aryl methyl sites for hydroxylation is 1. The van der Waals surface area contributed by atoms with Crippen LogP contribution in [0.4, 0.5) is 5.69 Å². The Hall–Kier alpha value is -1.59. The van der Waals surface area contributed by atoms with Crippen molar-refractivity contribution in [3.8, 4) is 0 Å². The van der Waals surface area contributed by atoms with E-state index < -0.39 is 0 Å². The molecule has 1 heterocycles. The minimum atomic E-state index is 0.00833. The van der Waals surface area contributed by atoms with E-state index in [1.165, 1.54) is 0 Å². The summed E-state index contributed by atoms with van der Waals surface area (Å²) >= 11 is 0. The highest BCUT2D eigenvalue weighted by molar-refractivity contribution is 5.99. The van der Waals surface area contributed by atoms with Gasteiger partial charge in [0.2, 0.25) is 0 Å². The highest BCUT2D eigenvalue weighted by Gasteiger charge is 2.22. The molecule has 5 heteroatoms. The molecule has 0 spiro atoms. The number of nitrogen functional groups attached to an aromatic ring is 1. The SMILES string of the molecule is Cc1ccc(NN)c(C(=O)N2CCCOC(C)C2)c1. The number of nitrogens with two attached hydrogens (primary N) is 1.